The van der Waals surface area contributed by atoms with Gasteiger partial charge in [0, 0.05) is 0 Å². The number of hydrogen-bond donors (Lipinski definition) is 1. The van der Waals surface area contributed by atoms with Crippen molar-refractivity contribution in [2.45, 2.75) is 8.65 Å². The van der Waals surface area contributed by atoms with Gasteiger partial charge in [0.1, 0.15) is 0 Å². The summed E-state index contributed by atoms with van der Waals surface area (Å²) in [5.74, 6) is -2.09. The van der Waals surface area contributed by atoms with Crippen LogP contribution in [-0.2, 0) is 18.2 Å². The van der Waals surface area contributed by atoms with E-state index in [0.29, 0.717) is 0 Å². The Morgan fingerprint density at radius 2 is 1.22 bits per heavy atom. The summed E-state index contributed by atoms with van der Waals surface area (Å²) in [5.41, 5.74) is 4.00. The Hall–Kier alpha value is -2.52. The van der Waals surface area contributed by atoms with Crippen molar-refractivity contribution in [2.75, 3.05) is 10.1 Å². The molecule has 160 valence electrons. The number of carbonyl (C=O) groups excluding carboxylic acids is 2. The molecule has 3 aromatic rings. The van der Waals surface area contributed by atoms with Gasteiger partial charge in [-0.2, -0.15) is 0 Å². The molecule has 0 unspecified atom stereocenters. The van der Waals surface area contributed by atoms with E-state index in [2.05, 4.69) is 31.9 Å². The second kappa shape index (κ2) is 6.51. The fraction of sp³-hybridized carbons (Fsp3) is 0.167. The van der Waals surface area contributed by atoms with Crippen molar-refractivity contribution in [1.82, 2.24) is 0 Å². The highest BCUT2D eigenvalue weighted by molar-refractivity contribution is 9.10. The van der Waals surface area contributed by atoms with Crippen LogP contribution in [0.4, 0.5) is 11.4 Å². The van der Waals surface area contributed by atoms with Gasteiger partial charge < -0.3 is 10.4 Å². The van der Waals surface area contributed by atoms with Gasteiger partial charge >= 0.3 is 0 Å². The van der Waals surface area contributed by atoms with Crippen LogP contribution in [0, 0.1) is 17.0 Å². The second-order valence-corrected chi connectivity index (χ2v) is 10.8. The van der Waals surface area contributed by atoms with Gasteiger partial charge in [-0.05, 0) is 40.5 Å². The largest absolute Gasteiger partial charge is 0.733 e. The lowest BCUT2D eigenvalue weighted by Gasteiger charge is -2.55. The maximum Gasteiger partial charge on any atom is 0.239 e. The Bertz CT molecular complexity index is 1200. The number of rotatable bonds is 2. The average molecular weight is 555 g/mol. The predicted molar refractivity (Wildman–Crippen MR) is 126 cm³/mol. The van der Waals surface area contributed by atoms with E-state index >= 15 is 0 Å². The van der Waals surface area contributed by atoms with Crippen LogP contribution in [0.25, 0.3) is 0 Å². The average Bonchev–Trinajstić information content (AvgIpc) is 3.08. The minimum absolute atomic E-state index is 0.0605. The van der Waals surface area contributed by atoms with Gasteiger partial charge in [-0.1, -0.05) is 86.5 Å². The first-order valence-corrected chi connectivity index (χ1v) is 11.6. The maximum atomic E-state index is 13.9. The molecule has 3 aromatic carbocycles. The van der Waals surface area contributed by atoms with Crippen LogP contribution in [0.15, 0.2) is 72.8 Å². The summed E-state index contributed by atoms with van der Waals surface area (Å²) in [7, 11) is 0. The van der Waals surface area contributed by atoms with E-state index < -0.39 is 20.5 Å². The first-order valence-electron chi connectivity index (χ1n) is 10.0. The van der Waals surface area contributed by atoms with Crippen LogP contribution in [0.3, 0.4) is 0 Å². The molecule has 3 aliphatic carbocycles. The van der Waals surface area contributed by atoms with Crippen LogP contribution in [0.1, 0.15) is 22.3 Å². The Balaban J connectivity index is 1.62. The summed E-state index contributed by atoms with van der Waals surface area (Å²) in [6, 6.07) is 21.6. The maximum absolute atomic E-state index is 13.9. The highest BCUT2D eigenvalue weighted by Gasteiger charge is 2.72. The lowest BCUT2D eigenvalue weighted by atomic mass is 9.54. The molecule has 1 N–H and O–H groups in total. The molecule has 8 heteroatoms. The Kier molecular flexibility index (Phi) is 4.09. The molecule has 1 heterocycles. The molecule has 7 rings (SSSR count). The van der Waals surface area contributed by atoms with E-state index in [4.69, 9.17) is 0 Å². The number of hydrogen-bond acceptors (Lipinski definition) is 5. The van der Waals surface area contributed by atoms with Crippen LogP contribution in [0.5, 0.6) is 0 Å². The number of anilines is 2. The number of imide groups is 1. The summed E-state index contributed by atoms with van der Waals surface area (Å²) in [6.45, 7) is 0. The minimum Gasteiger partial charge on any atom is -0.733 e. The van der Waals surface area contributed by atoms with E-state index in [1.165, 1.54) is 18.2 Å². The zero-order valence-corrected chi connectivity index (χ0v) is 19.6. The third-order valence-corrected chi connectivity index (χ3v) is 9.59. The molecule has 1 aliphatic heterocycles. The molecule has 4 aliphatic rings. The SMILES string of the molecule is O=C1[C@@H]2[C@H](C(=O)N1c1cccc(N([O-])O)c1)C1(Br)c3ccccc3C2(Br)c2ccccc21. The van der Waals surface area contributed by atoms with E-state index in [1.807, 2.05) is 48.5 Å². The van der Waals surface area contributed by atoms with Gasteiger partial charge in [0.15, 0.2) is 0 Å². The van der Waals surface area contributed by atoms with Gasteiger partial charge in [-0.25, -0.2) is 4.90 Å². The molecule has 2 atom stereocenters. The molecular weight excluding hydrogens is 540 g/mol. The smallest absolute Gasteiger partial charge is 0.239 e. The highest BCUT2D eigenvalue weighted by atomic mass is 79.9. The molecule has 0 aromatic heterocycles. The summed E-state index contributed by atoms with van der Waals surface area (Å²) in [5, 5.41) is 20.4. The lowest BCUT2D eigenvalue weighted by molar-refractivity contribution is -0.122. The molecule has 32 heavy (non-hydrogen) atoms. The standard InChI is InChI=1S/C24H15Br2N2O4/c25-23-15-8-1-2-9-16(15)24(26,18-11-4-3-10-17(18)23)20-19(23)21(29)27(22(20)30)13-6-5-7-14(12-13)28(31)32/h1-12,19-20,31H/q-1/t19-,20+,23?,24?. The van der Waals surface area contributed by atoms with E-state index in [1.54, 1.807) is 6.07 Å². The first-order chi connectivity index (χ1) is 15.3. The van der Waals surface area contributed by atoms with E-state index in [0.717, 1.165) is 27.2 Å². The van der Waals surface area contributed by atoms with Crippen molar-refractivity contribution >= 4 is 55.0 Å². The van der Waals surface area contributed by atoms with Crippen molar-refractivity contribution in [3.63, 3.8) is 0 Å². The Labute approximate surface area is 200 Å². The molecule has 2 bridgehead atoms. The van der Waals surface area contributed by atoms with Gasteiger partial charge in [0.05, 0.1) is 31.9 Å². The normalized spacial score (nSPS) is 29.6. The van der Waals surface area contributed by atoms with E-state index in [-0.39, 0.29) is 28.4 Å². The molecule has 2 amide bonds. The van der Waals surface area contributed by atoms with E-state index in [9.17, 15) is 20.0 Å². The minimum atomic E-state index is -0.874. The summed E-state index contributed by atoms with van der Waals surface area (Å²) in [4.78, 5) is 28.9. The number of alkyl halides is 2. The second-order valence-electron chi connectivity index (χ2n) is 8.27. The number of benzene rings is 3. The van der Waals surface area contributed by atoms with Crippen LogP contribution < -0.4 is 10.1 Å². The van der Waals surface area contributed by atoms with Gasteiger partial charge in [0.2, 0.25) is 11.8 Å². The summed E-state index contributed by atoms with van der Waals surface area (Å²) < 4.78 is -1.75. The summed E-state index contributed by atoms with van der Waals surface area (Å²) in [6.07, 6.45) is 0. The molecule has 0 saturated carbocycles. The van der Waals surface area contributed by atoms with Gasteiger partial charge in [-0.15, -0.1) is 0 Å². The van der Waals surface area contributed by atoms with Crippen molar-refractivity contribution in [3.05, 3.63) is 100 Å². The van der Waals surface area contributed by atoms with Crippen LogP contribution in [0.2, 0.25) is 0 Å². The molecule has 6 nitrogen and oxygen atoms in total. The molecule has 1 fully saturated rings. The lowest BCUT2D eigenvalue weighted by Crippen LogP contribution is -2.56. The molecule has 0 spiro atoms. The van der Waals surface area contributed by atoms with Crippen molar-refractivity contribution in [2.24, 2.45) is 11.8 Å². The quantitative estimate of drug-likeness (QED) is 0.280. The number of nitrogens with zero attached hydrogens (tertiary/aromatic N) is 2. The third kappa shape index (κ3) is 2.21. The summed E-state index contributed by atoms with van der Waals surface area (Å²) >= 11 is 7.90. The molecule has 0 radical (unpaired) electrons. The molecule has 1 saturated heterocycles. The van der Waals surface area contributed by atoms with Crippen LogP contribution in [-0.4, -0.2) is 17.0 Å². The van der Waals surface area contributed by atoms with Gasteiger partial charge in [-0.3, -0.25) is 14.8 Å². The number of halogens is 2. The number of amides is 2. The molecular formula is C24H15Br2N2O4-. The zero-order valence-electron chi connectivity index (χ0n) is 16.4. The zero-order chi connectivity index (χ0) is 22.4. The fourth-order valence-electron chi connectivity index (χ4n) is 5.67. The Morgan fingerprint density at radius 3 is 1.62 bits per heavy atom. The van der Waals surface area contributed by atoms with Gasteiger partial charge in [0.25, 0.3) is 0 Å². The third-order valence-electron chi connectivity index (χ3n) is 6.89. The Morgan fingerprint density at radius 1 is 0.781 bits per heavy atom. The monoisotopic (exact) mass is 553 g/mol. The number of carbonyl (C=O) groups is 2. The van der Waals surface area contributed by atoms with Crippen molar-refractivity contribution < 1.29 is 14.8 Å². The first kappa shape index (κ1) is 20.1. The fourth-order valence-corrected chi connectivity index (χ4v) is 7.98. The van der Waals surface area contributed by atoms with Crippen molar-refractivity contribution in [3.8, 4) is 0 Å². The van der Waals surface area contributed by atoms with Crippen molar-refractivity contribution in [1.29, 1.82) is 0 Å². The topological polar surface area (TPSA) is 83.9 Å². The predicted octanol–water partition coefficient (Wildman–Crippen LogP) is 4.79. The van der Waals surface area contributed by atoms with Crippen LogP contribution >= 0.6 is 31.9 Å². The highest BCUT2D eigenvalue weighted by Crippen LogP contribution is 2.70.